The summed E-state index contributed by atoms with van der Waals surface area (Å²) < 4.78 is 0.941. The van der Waals surface area contributed by atoms with E-state index in [-0.39, 0.29) is 17.9 Å². The van der Waals surface area contributed by atoms with Crippen LogP contribution < -0.4 is 11.1 Å². The van der Waals surface area contributed by atoms with Gasteiger partial charge >= 0.3 is 0 Å². The molecule has 16 heavy (non-hydrogen) atoms. The van der Waals surface area contributed by atoms with E-state index >= 15 is 0 Å². The zero-order valence-corrected chi connectivity index (χ0v) is 10.4. The van der Waals surface area contributed by atoms with E-state index in [4.69, 9.17) is 5.73 Å². The lowest BCUT2D eigenvalue weighted by Gasteiger charge is -2.18. The molecule has 3 N–H and O–H groups in total. The lowest BCUT2D eigenvalue weighted by molar-refractivity contribution is -0.121. The predicted molar refractivity (Wildman–Crippen MR) is 65.9 cm³/mol. The Morgan fingerprint density at radius 1 is 1.50 bits per heavy atom. The van der Waals surface area contributed by atoms with E-state index in [2.05, 4.69) is 26.2 Å². The molecular weight excluding hydrogens is 270 g/mol. The van der Waals surface area contributed by atoms with Crippen molar-refractivity contribution in [2.24, 2.45) is 11.7 Å². The standard InChI is InChI=1S/C11H14BrN3O/c12-7-4-5-10(14-6-7)15-9-3-1-2-8(9)11(13)16/h4-6,8-9H,1-3H2,(H2,13,16)(H,14,15)/t8-,9+/m1/s1. The third-order valence-corrected chi connectivity index (χ3v) is 3.41. The number of nitrogens with two attached hydrogens (primary N) is 1. The highest BCUT2D eigenvalue weighted by Gasteiger charge is 2.31. The first-order valence-electron chi connectivity index (χ1n) is 5.34. The second kappa shape index (κ2) is 4.82. The van der Waals surface area contributed by atoms with Crippen LogP contribution >= 0.6 is 15.9 Å². The fourth-order valence-corrected chi connectivity index (χ4v) is 2.36. The van der Waals surface area contributed by atoms with E-state index in [1.807, 2.05) is 12.1 Å². The van der Waals surface area contributed by atoms with E-state index in [0.717, 1.165) is 29.6 Å². The predicted octanol–water partition coefficient (Wildman–Crippen LogP) is 1.91. The summed E-state index contributed by atoms with van der Waals surface area (Å²) in [5.74, 6) is 0.513. The number of anilines is 1. The molecule has 1 heterocycles. The molecule has 4 nitrogen and oxygen atoms in total. The summed E-state index contributed by atoms with van der Waals surface area (Å²) in [5.41, 5.74) is 5.36. The van der Waals surface area contributed by atoms with Gasteiger partial charge in [-0.3, -0.25) is 4.79 Å². The van der Waals surface area contributed by atoms with Gasteiger partial charge in [0, 0.05) is 16.7 Å². The minimum Gasteiger partial charge on any atom is -0.369 e. The minimum atomic E-state index is -0.216. The van der Waals surface area contributed by atoms with Crippen molar-refractivity contribution in [3.05, 3.63) is 22.8 Å². The van der Waals surface area contributed by atoms with Gasteiger partial charge in [-0.1, -0.05) is 6.42 Å². The Bertz CT molecular complexity index is 379. The minimum absolute atomic E-state index is 0.0644. The average Bonchev–Trinajstić information content (AvgIpc) is 2.69. The van der Waals surface area contributed by atoms with Gasteiger partial charge in [0.15, 0.2) is 0 Å². The average molecular weight is 284 g/mol. The molecule has 2 atom stereocenters. The molecule has 1 fully saturated rings. The molecule has 0 spiro atoms. The van der Waals surface area contributed by atoms with Crippen LogP contribution in [0.2, 0.25) is 0 Å². The lowest BCUT2D eigenvalue weighted by Crippen LogP contribution is -2.34. The smallest absolute Gasteiger partial charge is 0.222 e. The van der Waals surface area contributed by atoms with Gasteiger partial charge in [-0.15, -0.1) is 0 Å². The highest BCUT2D eigenvalue weighted by atomic mass is 79.9. The Morgan fingerprint density at radius 3 is 2.94 bits per heavy atom. The van der Waals surface area contributed by atoms with Crippen LogP contribution in [0.5, 0.6) is 0 Å². The fraction of sp³-hybridized carbons (Fsp3) is 0.455. The number of carbonyl (C=O) groups is 1. The third-order valence-electron chi connectivity index (χ3n) is 2.94. The number of halogens is 1. The lowest BCUT2D eigenvalue weighted by atomic mass is 10.0. The van der Waals surface area contributed by atoms with E-state index in [0.29, 0.717) is 0 Å². The Balaban J connectivity index is 2.03. The molecule has 0 bridgehead atoms. The first kappa shape index (κ1) is 11.4. The maximum absolute atomic E-state index is 11.2. The molecule has 2 rings (SSSR count). The van der Waals surface area contributed by atoms with Crippen LogP contribution in [-0.4, -0.2) is 16.9 Å². The molecule has 1 aliphatic rings. The quantitative estimate of drug-likeness (QED) is 0.891. The van der Waals surface area contributed by atoms with Gasteiger partial charge in [0.1, 0.15) is 5.82 Å². The number of nitrogens with one attached hydrogen (secondary N) is 1. The van der Waals surface area contributed by atoms with Crippen LogP contribution in [0.4, 0.5) is 5.82 Å². The van der Waals surface area contributed by atoms with Crippen LogP contribution in [0.25, 0.3) is 0 Å². The number of primary amides is 1. The van der Waals surface area contributed by atoms with Crippen molar-refractivity contribution in [3.63, 3.8) is 0 Å². The number of hydrogen-bond acceptors (Lipinski definition) is 3. The molecule has 1 aromatic rings. The van der Waals surface area contributed by atoms with Gasteiger partial charge in [-0.05, 0) is 40.9 Å². The number of carbonyl (C=O) groups excluding carboxylic acids is 1. The number of pyridine rings is 1. The maximum Gasteiger partial charge on any atom is 0.222 e. The second-order valence-electron chi connectivity index (χ2n) is 4.05. The maximum atomic E-state index is 11.2. The topological polar surface area (TPSA) is 68.0 Å². The summed E-state index contributed by atoms with van der Waals surface area (Å²) in [6.07, 6.45) is 4.63. The molecule has 0 aliphatic heterocycles. The van der Waals surface area contributed by atoms with E-state index < -0.39 is 0 Å². The highest BCUT2D eigenvalue weighted by Crippen LogP contribution is 2.27. The van der Waals surface area contributed by atoms with Crippen molar-refractivity contribution in [1.82, 2.24) is 4.98 Å². The summed E-state index contributed by atoms with van der Waals surface area (Å²) in [4.78, 5) is 15.4. The number of hydrogen-bond donors (Lipinski definition) is 2. The van der Waals surface area contributed by atoms with Crippen LogP contribution in [-0.2, 0) is 4.79 Å². The number of aromatic nitrogens is 1. The monoisotopic (exact) mass is 283 g/mol. The first-order valence-corrected chi connectivity index (χ1v) is 6.13. The van der Waals surface area contributed by atoms with Gasteiger partial charge in [0.05, 0.1) is 5.92 Å². The summed E-state index contributed by atoms with van der Waals surface area (Å²) in [7, 11) is 0. The van der Waals surface area contributed by atoms with Crippen molar-refractivity contribution in [1.29, 1.82) is 0 Å². The number of rotatable bonds is 3. The fourth-order valence-electron chi connectivity index (χ4n) is 2.12. The van der Waals surface area contributed by atoms with E-state index in [9.17, 15) is 4.79 Å². The Kier molecular flexibility index (Phi) is 3.43. The second-order valence-corrected chi connectivity index (χ2v) is 4.97. The van der Waals surface area contributed by atoms with E-state index in [1.165, 1.54) is 0 Å². The Hall–Kier alpha value is -1.10. The van der Waals surface area contributed by atoms with Gasteiger partial charge < -0.3 is 11.1 Å². The summed E-state index contributed by atoms with van der Waals surface area (Å²) in [5, 5.41) is 3.27. The van der Waals surface area contributed by atoms with Crippen LogP contribution in [0.1, 0.15) is 19.3 Å². The zero-order chi connectivity index (χ0) is 11.5. The first-order chi connectivity index (χ1) is 7.66. The molecule has 1 saturated carbocycles. The van der Waals surface area contributed by atoms with Crippen molar-refractivity contribution in [2.45, 2.75) is 25.3 Å². The summed E-state index contributed by atoms with van der Waals surface area (Å²) in [6, 6.07) is 3.94. The van der Waals surface area contributed by atoms with Gasteiger partial charge in [0.2, 0.25) is 5.91 Å². The van der Waals surface area contributed by atoms with Gasteiger partial charge in [-0.2, -0.15) is 0 Å². The normalized spacial score (nSPS) is 24.3. The van der Waals surface area contributed by atoms with Crippen molar-refractivity contribution >= 4 is 27.7 Å². The van der Waals surface area contributed by atoms with Gasteiger partial charge in [-0.25, -0.2) is 4.98 Å². The SMILES string of the molecule is NC(=O)[C@@H]1CCC[C@@H]1Nc1ccc(Br)cn1. The summed E-state index contributed by atoms with van der Waals surface area (Å²) >= 11 is 3.33. The van der Waals surface area contributed by atoms with E-state index in [1.54, 1.807) is 6.20 Å². The molecule has 1 amide bonds. The van der Waals surface area contributed by atoms with Crippen molar-refractivity contribution < 1.29 is 4.79 Å². The van der Waals surface area contributed by atoms with Crippen LogP contribution in [0, 0.1) is 5.92 Å². The Morgan fingerprint density at radius 2 is 2.31 bits per heavy atom. The molecular formula is C11H14BrN3O. The number of nitrogens with zero attached hydrogens (tertiary/aromatic N) is 1. The molecule has 86 valence electrons. The molecule has 0 radical (unpaired) electrons. The zero-order valence-electron chi connectivity index (χ0n) is 8.82. The van der Waals surface area contributed by atoms with Crippen molar-refractivity contribution in [3.8, 4) is 0 Å². The number of amides is 1. The molecule has 0 saturated heterocycles. The van der Waals surface area contributed by atoms with Crippen molar-refractivity contribution in [2.75, 3.05) is 5.32 Å². The molecule has 0 unspecified atom stereocenters. The third kappa shape index (κ3) is 2.52. The molecule has 5 heteroatoms. The highest BCUT2D eigenvalue weighted by molar-refractivity contribution is 9.10. The van der Waals surface area contributed by atoms with Crippen LogP contribution in [0.15, 0.2) is 22.8 Å². The molecule has 1 aliphatic carbocycles. The molecule has 1 aromatic heterocycles. The summed E-state index contributed by atoms with van der Waals surface area (Å²) in [6.45, 7) is 0. The van der Waals surface area contributed by atoms with Gasteiger partial charge in [0.25, 0.3) is 0 Å². The van der Waals surface area contributed by atoms with Crippen LogP contribution in [0.3, 0.4) is 0 Å². The largest absolute Gasteiger partial charge is 0.369 e. The molecule has 0 aromatic carbocycles. The Labute approximate surface area is 103 Å².